The van der Waals surface area contributed by atoms with E-state index >= 15 is 0 Å². The third kappa shape index (κ3) is 7.74. The molecule has 0 spiro atoms. The van der Waals surface area contributed by atoms with Crippen molar-refractivity contribution in [2.24, 2.45) is 0 Å². The van der Waals surface area contributed by atoms with Gasteiger partial charge in [0.15, 0.2) is 5.78 Å². The molecule has 0 amide bonds. The minimum absolute atomic E-state index is 0.0224. The molecule has 0 aliphatic carbocycles. The molecule has 0 aliphatic heterocycles. The third-order valence-electron chi connectivity index (χ3n) is 2.38. The maximum absolute atomic E-state index is 11.7. The number of hydrogen-bond donors (Lipinski definition) is 0. The van der Waals surface area contributed by atoms with Crippen molar-refractivity contribution >= 4 is 31.8 Å². The Labute approximate surface area is 127 Å². The van der Waals surface area contributed by atoms with E-state index in [9.17, 15) is 13.2 Å². The zero-order chi connectivity index (χ0) is 15.0. The van der Waals surface area contributed by atoms with Crippen LogP contribution in [0, 0.1) is 0 Å². The van der Waals surface area contributed by atoms with E-state index in [4.69, 9.17) is 4.74 Å². The van der Waals surface area contributed by atoms with Crippen LogP contribution < -0.4 is 0 Å². The van der Waals surface area contributed by atoms with Crippen LogP contribution in [0.25, 0.3) is 0 Å². The highest BCUT2D eigenvalue weighted by Crippen LogP contribution is 2.11. The van der Waals surface area contributed by atoms with Crippen LogP contribution in [0.4, 0.5) is 0 Å². The highest BCUT2D eigenvalue weighted by molar-refractivity contribution is 9.10. The predicted octanol–water partition coefficient (Wildman–Crippen LogP) is 2.40. The second-order valence-electron chi connectivity index (χ2n) is 4.22. The first-order valence-corrected chi connectivity index (χ1v) is 8.70. The summed E-state index contributed by atoms with van der Waals surface area (Å²) in [6, 6.07) is 7.07. The Balaban J connectivity index is 2.12. The van der Waals surface area contributed by atoms with E-state index in [2.05, 4.69) is 20.1 Å². The molecule has 1 aromatic carbocycles. The van der Waals surface area contributed by atoms with Crippen molar-refractivity contribution < 1.29 is 22.1 Å². The standard InChI is InChI=1S/C13H17BrO5S/c1-20(16,17)19-9-3-2-8-18-10-13(15)11-4-6-12(14)7-5-11/h4-7H,2-3,8-10H2,1H3. The molecule has 5 nitrogen and oxygen atoms in total. The van der Waals surface area contributed by atoms with E-state index in [0.29, 0.717) is 25.0 Å². The van der Waals surface area contributed by atoms with Crippen molar-refractivity contribution in [1.82, 2.24) is 0 Å². The molecule has 1 rings (SSSR count). The molecular formula is C13H17BrO5S. The Hall–Kier alpha value is -0.760. The lowest BCUT2D eigenvalue weighted by molar-refractivity contribution is 0.0748. The van der Waals surface area contributed by atoms with Gasteiger partial charge in [-0.3, -0.25) is 8.98 Å². The number of rotatable bonds is 9. The monoisotopic (exact) mass is 364 g/mol. The zero-order valence-electron chi connectivity index (χ0n) is 11.2. The summed E-state index contributed by atoms with van der Waals surface area (Å²) in [6.45, 7) is 0.562. The Morgan fingerprint density at radius 2 is 1.75 bits per heavy atom. The molecule has 0 N–H and O–H groups in total. The average Bonchev–Trinajstić information content (AvgIpc) is 2.37. The first-order valence-electron chi connectivity index (χ1n) is 6.09. The molecule has 0 aromatic heterocycles. The van der Waals surface area contributed by atoms with Gasteiger partial charge in [0.2, 0.25) is 0 Å². The number of benzene rings is 1. The van der Waals surface area contributed by atoms with Gasteiger partial charge in [-0.25, -0.2) is 0 Å². The number of Topliss-reactive ketones (excluding diaryl/α,β-unsaturated/α-hetero) is 1. The largest absolute Gasteiger partial charge is 0.373 e. The van der Waals surface area contributed by atoms with E-state index in [1.807, 2.05) is 0 Å². The number of hydrogen-bond acceptors (Lipinski definition) is 5. The summed E-state index contributed by atoms with van der Waals surface area (Å²) in [5, 5.41) is 0. The van der Waals surface area contributed by atoms with Gasteiger partial charge in [0, 0.05) is 16.6 Å². The van der Waals surface area contributed by atoms with Crippen molar-refractivity contribution in [3.05, 3.63) is 34.3 Å². The normalized spacial score (nSPS) is 11.5. The van der Waals surface area contributed by atoms with Crippen LogP contribution in [0.3, 0.4) is 0 Å². The van der Waals surface area contributed by atoms with E-state index in [1.54, 1.807) is 24.3 Å². The van der Waals surface area contributed by atoms with Gasteiger partial charge < -0.3 is 4.74 Å². The maximum atomic E-state index is 11.7. The molecule has 0 aliphatic rings. The van der Waals surface area contributed by atoms with Crippen LogP contribution in [0.1, 0.15) is 23.2 Å². The van der Waals surface area contributed by atoms with Gasteiger partial charge in [0.25, 0.3) is 10.1 Å². The molecule has 0 saturated carbocycles. The van der Waals surface area contributed by atoms with Gasteiger partial charge in [-0.15, -0.1) is 0 Å². The zero-order valence-corrected chi connectivity index (χ0v) is 13.6. The molecule has 20 heavy (non-hydrogen) atoms. The van der Waals surface area contributed by atoms with Gasteiger partial charge in [0.1, 0.15) is 6.61 Å². The fraction of sp³-hybridized carbons (Fsp3) is 0.462. The highest BCUT2D eigenvalue weighted by atomic mass is 79.9. The number of carbonyl (C=O) groups excluding carboxylic acids is 1. The SMILES string of the molecule is CS(=O)(=O)OCCCCOCC(=O)c1ccc(Br)cc1. The molecular weight excluding hydrogens is 348 g/mol. The quantitative estimate of drug-likeness (QED) is 0.382. The van der Waals surface area contributed by atoms with Crippen LogP contribution in [0.15, 0.2) is 28.7 Å². The first-order chi connectivity index (χ1) is 9.38. The van der Waals surface area contributed by atoms with Gasteiger partial charge in [-0.05, 0) is 25.0 Å². The summed E-state index contributed by atoms with van der Waals surface area (Å²) < 4.78 is 32.1. The molecule has 0 fully saturated rings. The Morgan fingerprint density at radius 1 is 1.15 bits per heavy atom. The molecule has 0 unspecified atom stereocenters. The topological polar surface area (TPSA) is 69.7 Å². The Bertz CT molecular complexity index is 524. The number of ether oxygens (including phenoxy) is 1. The lowest BCUT2D eigenvalue weighted by atomic mass is 10.1. The third-order valence-corrected chi connectivity index (χ3v) is 3.50. The minimum Gasteiger partial charge on any atom is -0.373 e. The van der Waals surface area contributed by atoms with Crippen molar-refractivity contribution in [3.63, 3.8) is 0 Å². The molecule has 7 heteroatoms. The van der Waals surface area contributed by atoms with Crippen molar-refractivity contribution in [2.75, 3.05) is 26.1 Å². The van der Waals surface area contributed by atoms with Crippen LogP contribution in [0.2, 0.25) is 0 Å². The van der Waals surface area contributed by atoms with E-state index in [1.165, 1.54) is 0 Å². The second-order valence-corrected chi connectivity index (χ2v) is 6.78. The fourth-order valence-corrected chi connectivity index (χ4v) is 2.09. The van der Waals surface area contributed by atoms with Gasteiger partial charge >= 0.3 is 0 Å². The molecule has 0 atom stereocenters. The van der Waals surface area contributed by atoms with Crippen LogP contribution in [-0.4, -0.2) is 40.3 Å². The molecule has 1 aromatic rings. The van der Waals surface area contributed by atoms with Crippen LogP contribution in [-0.2, 0) is 19.0 Å². The smallest absolute Gasteiger partial charge is 0.264 e. The van der Waals surface area contributed by atoms with Gasteiger partial charge in [-0.1, -0.05) is 28.1 Å². The number of halogens is 1. The average molecular weight is 365 g/mol. The molecule has 0 heterocycles. The minimum atomic E-state index is -3.37. The molecule has 0 saturated heterocycles. The highest BCUT2D eigenvalue weighted by Gasteiger charge is 2.05. The van der Waals surface area contributed by atoms with Gasteiger partial charge in [-0.2, -0.15) is 8.42 Å². The number of unbranched alkanes of at least 4 members (excludes halogenated alkanes) is 1. The van der Waals surface area contributed by atoms with E-state index < -0.39 is 10.1 Å². The van der Waals surface area contributed by atoms with Crippen molar-refractivity contribution in [3.8, 4) is 0 Å². The Kier molecular flexibility index (Phi) is 7.36. The molecule has 112 valence electrons. The first kappa shape index (κ1) is 17.3. The van der Waals surface area contributed by atoms with Gasteiger partial charge in [0.05, 0.1) is 12.9 Å². The van der Waals surface area contributed by atoms with Crippen LogP contribution in [0.5, 0.6) is 0 Å². The van der Waals surface area contributed by atoms with Crippen LogP contribution >= 0.6 is 15.9 Å². The summed E-state index contributed by atoms with van der Waals surface area (Å²) in [7, 11) is -3.37. The molecule has 0 radical (unpaired) electrons. The second kappa shape index (κ2) is 8.51. The Morgan fingerprint density at radius 3 is 2.35 bits per heavy atom. The maximum Gasteiger partial charge on any atom is 0.264 e. The lowest BCUT2D eigenvalue weighted by Gasteiger charge is -2.04. The number of carbonyl (C=O) groups is 1. The number of ketones is 1. The summed E-state index contributed by atoms with van der Waals surface area (Å²) in [5.74, 6) is -0.0788. The summed E-state index contributed by atoms with van der Waals surface area (Å²) in [4.78, 5) is 11.7. The van der Waals surface area contributed by atoms with Crippen molar-refractivity contribution in [1.29, 1.82) is 0 Å². The summed E-state index contributed by atoms with van der Waals surface area (Å²) in [6.07, 6.45) is 2.23. The van der Waals surface area contributed by atoms with Crippen molar-refractivity contribution in [2.45, 2.75) is 12.8 Å². The lowest BCUT2D eigenvalue weighted by Crippen LogP contribution is -2.10. The summed E-state index contributed by atoms with van der Waals surface area (Å²) in [5.41, 5.74) is 0.605. The summed E-state index contributed by atoms with van der Waals surface area (Å²) >= 11 is 3.30. The predicted molar refractivity (Wildman–Crippen MR) is 79.3 cm³/mol. The fourth-order valence-electron chi connectivity index (χ4n) is 1.40. The van der Waals surface area contributed by atoms with E-state index in [0.717, 1.165) is 10.7 Å². The molecule has 0 bridgehead atoms. The van der Waals surface area contributed by atoms with E-state index in [-0.39, 0.29) is 19.0 Å².